The number of benzene rings is 2. The lowest BCUT2D eigenvalue weighted by Crippen LogP contribution is -2.49. The summed E-state index contributed by atoms with van der Waals surface area (Å²) >= 11 is 0. The molecule has 4 amide bonds. The van der Waals surface area contributed by atoms with E-state index < -0.39 is 8.80 Å². The van der Waals surface area contributed by atoms with Gasteiger partial charge >= 0.3 is 14.8 Å². The van der Waals surface area contributed by atoms with Crippen molar-refractivity contribution in [3.05, 3.63) is 65.2 Å². The van der Waals surface area contributed by atoms with Gasteiger partial charge in [-0.25, -0.2) is 4.79 Å². The van der Waals surface area contributed by atoms with Crippen LogP contribution >= 0.6 is 0 Å². The SMILES string of the molecule is CCO[Si](CCNC(=O)NCCOCCNC(=O)CCCCC(=O)N1Cc2ccccc2C#Cc2ccccc21)(OCC)OCC. The third-order valence-corrected chi connectivity index (χ3v) is 10.2. The number of nitrogens with one attached hydrogen (secondary N) is 3. The summed E-state index contributed by atoms with van der Waals surface area (Å²) in [4.78, 5) is 39.5. The first-order valence-electron chi connectivity index (χ1n) is 16.2. The molecule has 3 rings (SSSR count). The summed E-state index contributed by atoms with van der Waals surface area (Å²) in [6.07, 6.45) is 1.89. The van der Waals surface area contributed by atoms with Gasteiger partial charge in [0.2, 0.25) is 11.8 Å². The van der Waals surface area contributed by atoms with E-state index in [1.165, 1.54) is 0 Å². The summed E-state index contributed by atoms with van der Waals surface area (Å²) in [5.41, 5.74) is 3.58. The minimum atomic E-state index is -2.80. The third-order valence-electron chi connectivity index (χ3n) is 7.13. The first-order valence-corrected chi connectivity index (χ1v) is 18.1. The summed E-state index contributed by atoms with van der Waals surface area (Å²) in [6.45, 7) is 9.31. The maximum atomic E-state index is 13.3. The molecule has 12 heteroatoms. The molecule has 250 valence electrons. The number of carbonyl (C=O) groups excluding carboxylic acids is 3. The number of para-hydroxylation sites is 1. The summed E-state index contributed by atoms with van der Waals surface area (Å²) < 4.78 is 22.9. The fourth-order valence-corrected chi connectivity index (χ4v) is 7.42. The Kier molecular flexibility index (Phi) is 16.3. The molecular formula is C34H48N4O7Si. The Morgan fingerprint density at radius 2 is 1.35 bits per heavy atom. The highest BCUT2D eigenvalue weighted by atomic mass is 28.4. The summed E-state index contributed by atoms with van der Waals surface area (Å²) in [7, 11) is -2.80. The molecule has 0 radical (unpaired) electrons. The number of fused-ring (bicyclic) bond motifs is 2. The van der Waals surface area contributed by atoms with Crippen molar-refractivity contribution in [3.8, 4) is 11.8 Å². The summed E-state index contributed by atoms with van der Waals surface area (Å²) in [5, 5.41) is 8.38. The second-order valence-electron chi connectivity index (χ2n) is 10.5. The molecule has 0 atom stereocenters. The molecular weight excluding hydrogens is 604 g/mol. The Morgan fingerprint density at radius 1 is 0.761 bits per heavy atom. The lowest BCUT2D eigenvalue weighted by atomic mass is 10.0. The van der Waals surface area contributed by atoms with E-state index in [0.717, 1.165) is 22.4 Å². The van der Waals surface area contributed by atoms with Crippen LogP contribution in [0.2, 0.25) is 6.04 Å². The van der Waals surface area contributed by atoms with Crippen molar-refractivity contribution in [2.75, 3.05) is 57.6 Å². The maximum Gasteiger partial charge on any atom is 0.502 e. The van der Waals surface area contributed by atoms with Gasteiger partial charge in [0.1, 0.15) is 0 Å². The van der Waals surface area contributed by atoms with Gasteiger partial charge in [-0.2, -0.15) is 0 Å². The van der Waals surface area contributed by atoms with E-state index in [1.807, 2.05) is 69.3 Å². The van der Waals surface area contributed by atoms with E-state index >= 15 is 0 Å². The second-order valence-corrected chi connectivity index (χ2v) is 13.2. The van der Waals surface area contributed by atoms with Crippen LogP contribution in [0.1, 0.15) is 63.1 Å². The molecule has 11 nitrogen and oxygen atoms in total. The predicted molar refractivity (Wildman–Crippen MR) is 179 cm³/mol. The second kappa shape index (κ2) is 20.4. The van der Waals surface area contributed by atoms with Gasteiger partial charge in [-0.3, -0.25) is 9.59 Å². The van der Waals surface area contributed by atoms with Gasteiger partial charge in [0.05, 0.1) is 25.4 Å². The number of rotatable bonds is 20. The van der Waals surface area contributed by atoms with Crippen LogP contribution in [0.4, 0.5) is 10.5 Å². The van der Waals surface area contributed by atoms with Crippen LogP contribution < -0.4 is 20.9 Å². The number of carbonyl (C=O) groups is 3. The summed E-state index contributed by atoms with van der Waals surface area (Å²) in [6, 6.07) is 15.8. The molecule has 1 aliphatic rings. The van der Waals surface area contributed by atoms with Gasteiger partial charge in [-0.1, -0.05) is 42.2 Å². The van der Waals surface area contributed by atoms with Gasteiger partial charge in [-0.15, -0.1) is 0 Å². The normalized spacial score (nSPS) is 12.1. The van der Waals surface area contributed by atoms with Gasteiger partial charge in [0.25, 0.3) is 0 Å². The van der Waals surface area contributed by atoms with E-state index in [2.05, 4.69) is 27.8 Å². The number of urea groups is 1. The lowest BCUT2D eigenvalue weighted by molar-refractivity contribution is -0.122. The molecule has 0 bridgehead atoms. The average Bonchev–Trinajstić information content (AvgIpc) is 3.04. The van der Waals surface area contributed by atoms with Crippen molar-refractivity contribution in [1.82, 2.24) is 16.0 Å². The van der Waals surface area contributed by atoms with Crippen molar-refractivity contribution in [2.24, 2.45) is 0 Å². The fraction of sp³-hybridized carbons (Fsp3) is 0.500. The minimum absolute atomic E-state index is 0.0125. The predicted octanol–water partition coefficient (Wildman–Crippen LogP) is 3.97. The van der Waals surface area contributed by atoms with E-state index in [1.54, 1.807) is 4.90 Å². The van der Waals surface area contributed by atoms with Crippen molar-refractivity contribution < 1.29 is 32.4 Å². The molecule has 0 spiro atoms. The summed E-state index contributed by atoms with van der Waals surface area (Å²) in [5.74, 6) is 6.37. The van der Waals surface area contributed by atoms with E-state index in [0.29, 0.717) is 90.9 Å². The molecule has 2 aromatic rings. The number of hydrogen-bond donors (Lipinski definition) is 3. The standard InChI is InChI=1S/C34H48N4O7Si/c1-4-43-46(44-5-2,45-6-3)26-23-37-34(41)36-22-25-42-24-21-35-32(39)17-11-12-18-33(40)38-27-30-15-8-7-13-28(30)19-20-29-14-9-10-16-31(29)38/h7-10,13-16H,4-6,11-12,17-18,21-27H2,1-3H3,(H,35,39)(H2,36,37,41). The molecule has 3 N–H and O–H groups in total. The minimum Gasteiger partial charge on any atom is -0.378 e. The van der Waals surface area contributed by atoms with Crippen LogP contribution in [0.25, 0.3) is 0 Å². The first kappa shape index (κ1) is 36.7. The highest BCUT2D eigenvalue weighted by Gasteiger charge is 2.40. The molecule has 1 aliphatic heterocycles. The van der Waals surface area contributed by atoms with Crippen LogP contribution in [0, 0.1) is 11.8 Å². The zero-order valence-electron chi connectivity index (χ0n) is 27.3. The number of unbranched alkanes of at least 4 members (excludes halogenated alkanes) is 1. The van der Waals surface area contributed by atoms with Crippen LogP contribution in [0.15, 0.2) is 48.5 Å². The Hall–Kier alpha value is -3.73. The van der Waals surface area contributed by atoms with Gasteiger partial charge < -0.3 is 38.9 Å². The first-order chi connectivity index (χ1) is 22.4. The molecule has 0 aromatic heterocycles. The zero-order valence-corrected chi connectivity index (χ0v) is 28.3. The number of anilines is 1. The van der Waals surface area contributed by atoms with E-state index in [-0.39, 0.29) is 17.8 Å². The molecule has 2 aromatic carbocycles. The van der Waals surface area contributed by atoms with Crippen LogP contribution in [-0.2, 0) is 34.1 Å². The third kappa shape index (κ3) is 12.2. The molecule has 0 unspecified atom stereocenters. The Balaban J connectivity index is 1.26. The van der Waals surface area contributed by atoms with E-state index in [9.17, 15) is 14.4 Å². The van der Waals surface area contributed by atoms with Crippen molar-refractivity contribution in [2.45, 2.75) is 59.0 Å². The van der Waals surface area contributed by atoms with Gasteiger partial charge in [0, 0.05) is 69.5 Å². The smallest absolute Gasteiger partial charge is 0.378 e. The Labute approximate surface area is 274 Å². The van der Waals surface area contributed by atoms with Gasteiger partial charge in [-0.05, 0) is 57.4 Å². The van der Waals surface area contributed by atoms with Crippen LogP contribution in [0.5, 0.6) is 0 Å². The topological polar surface area (TPSA) is 127 Å². The Bertz CT molecular complexity index is 1310. The number of ether oxygens (including phenoxy) is 1. The quantitative estimate of drug-likeness (QED) is 0.112. The largest absolute Gasteiger partial charge is 0.502 e. The fourth-order valence-electron chi connectivity index (χ4n) is 4.99. The molecule has 1 heterocycles. The lowest BCUT2D eigenvalue weighted by Gasteiger charge is -2.28. The molecule has 0 fully saturated rings. The monoisotopic (exact) mass is 652 g/mol. The number of amides is 4. The van der Waals surface area contributed by atoms with Crippen LogP contribution in [0.3, 0.4) is 0 Å². The molecule has 46 heavy (non-hydrogen) atoms. The number of hydrogen-bond acceptors (Lipinski definition) is 7. The van der Waals surface area contributed by atoms with Crippen LogP contribution in [-0.4, -0.2) is 79.3 Å². The maximum absolute atomic E-state index is 13.3. The molecule has 0 aliphatic carbocycles. The number of nitrogens with zero attached hydrogens (tertiary/aromatic N) is 1. The van der Waals surface area contributed by atoms with Crippen molar-refractivity contribution in [3.63, 3.8) is 0 Å². The van der Waals surface area contributed by atoms with Crippen molar-refractivity contribution >= 4 is 32.3 Å². The highest BCUT2D eigenvalue weighted by Crippen LogP contribution is 2.26. The van der Waals surface area contributed by atoms with E-state index in [4.69, 9.17) is 18.0 Å². The van der Waals surface area contributed by atoms with Crippen molar-refractivity contribution in [1.29, 1.82) is 0 Å². The van der Waals surface area contributed by atoms with Gasteiger partial charge in [0.15, 0.2) is 0 Å². The average molecular weight is 653 g/mol. The zero-order chi connectivity index (χ0) is 33.0. The Morgan fingerprint density at radius 3 is 2.07 bits per heavy atom. The highest BCUT2D eigenvalue weighted by molar-refractivity contribution is 6.60. The molecule has 0 saturated carbocycles. The molecule has 0 saturated heterocycles.